The van der Waals surface area contributed by atoms with Crippen LogP contribution in [0, 0.1) is 18.3 Å². The number of carbonyl (C=O) groups excluding carboxylic acids is 1. The van der Waals surface area contributed by atoms with Gasteiger partial charge < -0.3 is 9.32 Å². The summed E-state index contributed by atoms with van der Waals surface area (Å²) >= 11 is 2.96. The molecule has 0 saturated heterocycles. The average molecular weight is 398 g/mol. The molecule has 0 N–H and O–H groups in total. The van der Waals surface area contributed by atoms with Gasteiger partial charge >= 0.3 is 0 Å². The van der Waals surface area contributed by atoms with E-state index in [4.69, 9.17) is 9.68 Å². The van der Waals surface area contributed by atoms with Crippen LogP contribution in [0.2, 0.25) is 0 Å². The van der Waals surface area contributed by atoms with E-state index in [1.54, 1.807) is 17.2 Å². The third-order valence-corrected chi connectivity index (χ3v) is 5.93. The highest BCUT2D eigenvalue weighted by molar-refractivity contribution is 8.01. The smallest absolute Gasteiger partial charge is 0.233 e. The van der Waals surface area contributed by atoms with Gasteiger partial charge in [0.1, 0.15) is 5.76 Å². The number of thioether (sulfide) groups is 1. The Balaban J connectivity index is 1.59. The first-order valence-corrected chi connectivity index (χ1v) is 10.3. The molecule has 7 heteroatoms. The van der Waals surface area contributed by atoms with Crippen molar-refractivity contribution in [3.63, 3.8) is 0 Å². The summed E-state index contributed by atoms with van der Waals surface area (Å²) in [7, 11) is 0. The Morgan fingerprint density at radius 3 is 2.85 bits per heavy atom. The van der Waals surface area contributed by atoms with Crippen LogP contribution < -0.4 is 0 Å². The van der Waals surface area contributed by atoms with Gasteiger partial charge in [-0.15, -0.1) is 11.3 Å². The number of rotatable bonds is 8. The molecule has 27 heavy (non-hydrogen) atoms. The van der Waals surface area contributed by atoms with Crippen molar-refractivity contribution in [3.8, 4) is 17.3 Å². The van der Waals surface area contributed by atoms with Crippen molar-refractivity contribution in [3.05, 3.63) is 59.4 Å². The average Bonchev–Trinajstić information content (AvgIpc) is 3.35. The second-order valence-corrected chi connectivity index (χ2v) is 8.04. The minimum absolute atomic E-state index is 0.0289. The van der Waals surface area contributed by atoms with E-state index in [-0.39, 0.29) is 11.7 Å². The number of benzene rings is 1. The normalized spacial score (nSPS) is 10.5. The molecule has 3 rings (SSSR count). The Kier molecular flexibility index (Phi) is 6.69. The molecular weight excluding hydrogens is 378 g/mol. The van der Waals surface area contributed by atoms with Crippen LogP contribution in [-0.2, 0) is 11.3 Å². The van der Waals surface area contributed by atoms with E-state index in [0.29, 0.717) is 25.3 Å². The zero-order valence-electron chi connectivity index (χ0n) is 14.9. The van der Waals surface area contributed by atoms with Crippen molar-refractivity contribution < 1.29 is 9.21 Å². The first-order chi connectivity index (χ1) is 13.2. The predicted molar refractivity (Wildman–Crippen MR) is 107 cm³/mol. The van der Waals surface area contributed by atoms with Gasteiger partial charge in [0.2, 0.25) is 5.91 Å². The zero-order chi connectivity index (χ0) is 19.1. The van der Waals surface area contributed by atoms with E-state index in [9.17, 15) is 4.79 Å². The van der Waals surface area contributed by atoms with Crippen LogP contribution in [0.5, 0.6) is 0 Å². The first kappa shape index (κ1) is 19.2. The van der Waals surface area contributed by atoms with Crippen LogP contribution in [0.25, 0.3) is 11.3 Å². The minimum Gasteiger partial charge on any atom is -0.467 e. The number of amides is 1. The molecule has 2 aromatic heterocycles. The summed E-state index contributed by atoms with van der Waals surface area (Å²) in [6.45, 7) is 2.82. The zero-order valence-corrected chi connectivity index (χ0v) is 16.6. The van der Waals surface area contributed by atoms with Crippen molar-refractivity contribution in [2.24, 2.45) is 0 Å². The summed E-state index contributed by atoms with van der Waals surface area (Å²) in [5.41, 5.74) is 3.21. The Hall–Kier alpha value is -2.56. The molecule has 138 valence electrons. The third-order valence-electron chi connectivity index (χ3n) is 3.92. The molecule has 0 bridgehead atoms. The van der Waals surface area contributed by atoms with E-state index >= 15 is 0 Å². The van der Waals surface area contributed by atoms with Crippen LogP contribution in [-0.4, -0.2) is 28.1 Å². The summed E-state index contributed by atoms with van der Waals surface area (Å²) < 4.78 is 6.18. The van der Waals surface area contributed by atoms with E-state index in [1.807, 2.05) is 11.4 Å². The molecule has 0 aliphatic carbocycles. The predicted octanol–water partition coefficient (Wildman–Crippen LogP) is 4.75. The third kappa shape index (κ3) is 5.46. The lowest BCUT2D eigenvalue weighted by Gasteiger charge is -2.20. The van der Waals surface area contributed by atoms with Gasteiger partial charge in [0.05, 0.1) is 36.7 Å². The fourth-order valence-electron chi connectivity index (χ4n) is 2.46. The minimum atomic E-state index is -0.0289. The Bertz CT molecular complexity index is 912. The topological polar surface area (TPSA) is 70.1 Å². The maximum absolute atomic E-state index is 12.6. The quantitative estimate of drug-likeness (QED) is 0.513. The van der Waals surface area contributed by atoms with Gasteiger partial charge in [0.15, 0.2) is 4.34 Å². The summed E-state index contributed by atoms with van der Waals surface area (Å²) in [6.07, 6.45) is 1.88. The summed E-state index contributed by atoms with van der Waals surface area (Å²) in [6, 6.07) is 13.9. The maximum atomic E-state index is 12.6. The molecule has 0 saturated carbocycles. The summed E-state index contributed by atoms with van der Waals surface area (Å²) in [4.78, 5) is 18.9. The number of nitrogens with zero attached hydrogens (tertiary/aromatic N) is 3. The van der Waals surface area contributed by atoms with Crippen LogP contribution in [0.15, 0.2) is 56.8 Å². The number of nitriles is 1. The van der Waals surface area contributed by atoms with Gasteiger partial charge in [0, 0.05) is 17.5 Å². The van der Waals surface area contributed by atoms with Crippen LogP contribution in [0.3, 0.4) is 0 Å². The number of hydrogen-bond acceptors (Lipinski definition) is 6. The summed E-state index contributed by atoms with van der Waals surface area (Å²) in [5, 5.41) is 10.8. The SMILES string of the molecule is Cc1ccc(-c2csc(SCC(=O)N(CCC#N)Cc3ccco3)n2)cc1. The van der Waals surface area contributed by atoms with Crippen LogP contribution >= 0.6 is 23.1 Å². The highest BCUT2D eigenvalue weighted by Gasteiger charge is 2.16. The molecule has 0 fully saturated rings. The molecule has 0 spiro atoms. The molecule has 0 atom stereocenters. The van der Waals surface area contributed by atoms with Gasteiger partial charge in [-0.2, -0.15) is 5.26 Å². The van der Waals surface area contributed by atoms with E-state index in [2.05, 4.69) is 42.2 Å². The first-order valence-electron chi connectivity index (χ1n) is 8.48. The standard InChI is InChI=1S/C20H19N3O2S2/c1-15-5-7-16(8-6-15)18-13-26-20(22-18)27-14-19(24)23(10-3-9-21)12-17-4-2-11-25-17/h2,4-8,11,13H,3,10,12,14H2,1H3. The van der Waals surface area contributed by atoms with E-state index < -0.39 is 0 Å². The van der Waals surface area contributed by atoms with Crippen LogP contribution in [0.1, 0.15) is 17.7 Å². The van der Waals surface area contributed by atoms with Crippen molar-refractivity contribution in [2.75, 3.05) is 12.3 Å². The van der Waals surface area contributed by atoms with Crippen LogP contribution in [0.4, 0.5) is 0 Å². The molecule has 0 radical (unpaired) electrons. The fraction of sp³-hybridized carbons (Fsp3) is 0.250. The number of thiazole rings is 1. The Morgan fingerprint density at radius 2 is 2.15 bits per heavy atom. The van der Waals surface area contributed by atoms with Gasteiger partial charge in [-0.1, -0.05) is 41.6 Å². The Morgan fingerprint density at radius 1 is 1.33 bits per heavy atom. The van der Waals surface area contributed by atoms with Crippen molar-refractivity contribution >= 4 is 29.0 Å². The van der Waals surface area contributed by atoms with E-state index in [0.717, 1.165) is 15.6 Å². The monoisotopic (exact) mass is 397 g/mol. The maximum Gasteiger partial charge on any atom is 0.233 e. The number of aromatic nitrogens is 1. The summed E-state index contributed by atoms with van der Waals surface area (Å²) in [5.74, 6) is 0.966. The molecule has 0 aliphatic heterocycles. The molecule has 0 aliphatic rings. The largest absolute Gasteiger partial charge is 0.467 e. The van der Waals surface area contributed by atoms with Gasteiger partial charge in [0.25, 0.3) is 0 Å². The van der Waals surface area contributed by atoms with Crippen molar-refractivity contribution in [1.29, 1.82) is 5.26 Å². The van der Waals surface area contributed by atoms with Crippen molar-refractivity contribution in [2.45, 2.75) is 24.2 Å². The highest BCUT2D eigenvalue weighted by atomic mass is 32.2. The fourth-order valence-corrected chi connectivity index (χ4v) is 4.20. The number of carbonyl (C=O) groups is 1. The number of furan rings is 1. The lowest BCUT2D eigenvalue weighted by atomic mass is 10.1. The number of aryl methyl sites for hydroxylation is 1. The molecule has 2 heterocycles. The molecule has 1 aromatic carbocycles. The van der Waals surface area contributed by atoms with Crippen molar-refractivity contribution in [1.82, 2.24) is 9.88 Å². The molecule has 5 nitrogen and oxygen atoms in total. The van der Waals surface area contributed by atoms with Gasteiger partial charge in [-0.05, 0) is 19.1 Å². The highest BCUT2D eigenvalue weighted by Crippen LogP contribution is 2.28. The van der Waals surface area contributed by atoms with Gasteiger partial charge in [-0.25, -0.2) is 4.98 Å². The lowest BCUT2D eigenvalue weighted by molar-refractivity contribution is -0.129. The van der Waals surface area contributed by atoms with Gasteiger partial charge in [-0.3, -0.25) is 4.79 Å². The second-order valence-electron chi connectivity index (χ2n) is 5.96. The second kappa shape index (κ2) is 9.40. The molecule has 1 amide bonds. The molecule has 3 aromatic rings. The molecular formula is C20H19N3O2S2. The number of hydrogen-bond donors (Lipinski definition) is 0. The molecule has 0 unspecified atom stereocenters. The lowest BCUT2D eigenvalue weighted by Crippen LogP contribution is -2.32. The Labute approximate surface area is 166 Å². The van der Waals surface area contributed by atoms with E-state index in [1.165, 1.54) is 28.7 Å².